The second kappa shape index (κ2) is 12.3. The van der Waals surface area contributed by atoms with Crippen molar-refractivity contribution in [3.63, 3.8) is 0 Å². The normalized spacial score (nSPS) is 13.5. The van der Waals surface area contributed by atoms with Crippen molar-refractivity contribution in [1.29, 1.82) is 0 Å². The Morgan fingerprint density at radius 1 is 1.00 bits per heavy atom. The monoisotopic (exact) mass is 439 g/mol. The van der Waals surface area contributed by atoms with Crippen LogP contribution < -0.4 is 0 Å². The molecule has 2 rings (SSSR count). The van der Waals surface area contributed by atoms with Crippen molar-refractivity contribution in [2.45, 2.75) is 32.5 Å². The average molecular weight is 438 g/mol. The first kappa shape index (κ1) is 22.1. The molecule has 2 nitrogen and oxygen atoms in total. The van der Waals surface area contributed by atoms with Crippen LogP contribution in [0.1, 0.15) is 24.5 Å². The second-order valence-electron chi connectivity index (χ2n) is 6.70. The van der Waals surface area contributed by atoms with Gasteiger partial charge in [0, 0.05) is 0 Å². The summed E-state index contributed by atoms with van der Waals surface area (Å²) in [5.74, 6) is -0.0635. The van der Waals surface area contributed by atoms with E-state index in [-0.39, 0.29) is 5.92 Å². The fraction of sp³-hybridized carbons (Fsp3) is 0.240. The third-order valence-electron chi connectivity index (χ3n) is 4.51. The van der Waals surface area contributed by atoms with Crippen molar-refractivity contribution in [2.24, 2.45) is 5.92 Å². The predicted octanol–water partition coefficient (Wildman–Crippen LogP) is 4.67. The van der Waals surface area contributed by atoms with Crippen molar-refractivity contribution < 1.29 is 5.11 Å². The molecular formula is C25H29NOSe. The Hall–Kier alpha value is -2.19. The third kappa shape index (κ3) is 7.09. The van der Waals surface area contributed by atoms with Crippen LogP contribution in [-0.2, 0) is 13.1 Å². The SMILES string of the molecule is C=CC[C@H](C(=[Se])N(Cc1ccccc1)Cc1ccccc1)[C@@H](O)/C=C\C=C\C. The Bertz CT molecular complexity index is 741. The molecule has 0 saturated heterocycles. The third-order valence-corrected chi connectivity index (χ3v) is 5.68. The van der Waals surface area contributed by atoms with E-state index in [9.17, 15) is 5.11 Å². The zero-order valence-corrected chi connectivity index (χ0v) is 18.2. The number of aliphatic hydroxyl groups is 1. The molecule has 2 aromatic rings. The number of benzene rings is 2. The molecule has 0 amide bonds. The Balaban J connectivity index is 2.26. The van der Waals surface area contributed by atoms with Gasteiger partial charge < -0.3 is 0 Å². The van der Waals surface area contributed by atoms with Crippen molar-refractivity contribution >= 4 is 20.1 Å². The molecule has 1 N–H and O–H groups in total. The zero-order chi connectivity index (χ0) is 20.2. The summed E-state index contributed by atoms with van der Waals surface area (Å²) in [6.07, 6.45) is 9.60. The van der Waals surface area contributed by atoms with Crippen molar-refractivity contribution in [1.82, 2.24) is 4.90 Å². The first-order valence-corrected chi connectivity index (χ1v) is 10.5. The Labute approximate surface area is 177 Å². The van der Waals surface area contributed by atoms with Gasteiger partial charge in [-0.3, -0.25) is 0 Å². The Morgan fingerprint density at radius 2 is 1.54 bits per heavy atom. The molecule has 146 valence electrons. The Kier molecular flexibility index (Phi) is 9.71. The average Bonchev–Trinajstić information content (AvgIpc) is 2.72. The van der Waals surface area contributed by atoms with Gasteiger partial charge in [-0.1, -0.05) is 0 Å². The molecule has 0 aliphatic rings. The van der Waals surface area contributed by atoms with E-state index in [2.05, 4.69) is 75.6 Å². The van der Waals surface area contributed by atoms with Gasteiger partial charge in [-0.15, -0.1) is 0 Å². The number of nitrogens with zero attached hydrogens (tertiary/aromatic N) is 1. The van der Waals surface area contributed by atoms with Gasteiger partial charge in [0.05, 0.1) is 0 Å². The van der Waals surface area contributed by atoms with Crippen molar-refractivity contribution in [2.75, 3.05) is 0 Å². The first-order chi connectivity index (χ1) is 13.7. The van der Waals surface area contributed by atoms with Crippen LogP contribution in [0, 0.1) is 5.92 Å². The topological polar surface area (TPSA) is 23.5 Å². The molecule has 2 atom stereocenters. The summed E-state index contributed by atoms with van der Waals surface area (Å²) in [6.45, 7) is 7.41. The van der Waals surface area contributed by atoms with E-state index in [1.54, 1.807) is 0 Å². The summed E-state index contributed by atoms with van der Waals surface area (Å²) >= 11 is 3.26. The van der Waals surface area contributed by atoms with E-state index in [0.29, 0.717) is 6.42 Å². The van der Waals surface area contributed by atoms with Crippen LogP contribution in [0.25, 0.3) is 0 Å². The molecule has 0 spiro atoms. The van der Waals surface area contributed by atoms with Crippen LogP contribution in [0.15, 0.2) is 97.6 Å². The summed E-state index contributed by atoms with van der Waals surface area (Å²) < 4.78 is 1.05. The van der Waals surface area contributed by atoms with Crippen LogP contribution in [-0.4, -0.2) is 36.2 Å². The van der Waals surface area contributed by atoms with E-state index in [4.69, 9.17) is 0 Å². The minimum atomic E-state index is -0.584. The van der Waals surface area contributed by atoms with E-state index < -0.39 is 6.10 Å². The number of rotatable bonds is 11. The first-order valence-electron chi connectivity index (χ1n) is 9.60. The van der Waals surface area contributed by atoms with Gasteiger partial charge in [0.2, 0.25) is 0 Å². The molecule has 3 heteroatoms. The molecule has 0 aliphatic heterocycles. The molecule has 0 fully saturated rings. The van der Waals surface area contributed by atoms with E-state index in [0.717, 1.165) is 17.6 Å². The molecule has 0 bridgehead atoms. The van der Waals surface area contributed by atoms with E-state index >= 15 is 0 Å². The summed E-state index contributed by atoms with van der Waals surface area (Å²) in [5, 5.41) is 10.8. The van der Waals surface area contributed by atoms with Gasteiger partial charge in [0.15, 0.2) is 0 Å². The summed E-state index contributed by atoms with van der Waals surface area (Å²) in [5.41, 5.74) is 2.48. The fourth-order valence-electron chi connectivity index (χ4n) is 3.04. The van der Waals surface area contributed by atoms with Gasteiger partial charge in [-0.2, -0.15) is 0 Å². The standard InChI is InChI=1S/C25H29NOSe/c1-3-5-8-18-24(27)23(13-4-2)25(28)26(19-21-14-9-6-10-15-21)20-22-16-11-7-12-17-22/h3-12,14-18,23-24,27H,2,13,19-20H2,1H3/b5-3+,18-8-/t23-,24-/m0/s1. The molecular weight excluding hydrogens is 409 g/mol. The molecule has 0 aromatic heterocycles. The molecule has 0 heterocycles. The maximum absolute atomic E-state index is 10.8. The van der Waals surface area contributed by atoms with Gasteiger partial charge in [-0.05, 0) is 0 Å². The fourth-order valence-corrected chi connectivity index (χ4v) is 3.81. The van der Waals surface area contributed by atoms with Crippen molar-refractivity contribution in [3.05, 3.63) is 109 Å². The zero-order valence-electron chi connectivity index (χ0n) is 16.4. The summed E-state index contributed by atoms with van der Waals surface area (Å²) in [4.78, 5) is 2.31. The van der Waals surface area contributed by atoms with Crippen LogP contribution in [0.3, 0.4) is 0 Å². The number of allylic oxidation sites excluding steroid dienone is 4. The van der Waals surface area contributed by atoms with Gasteiger partial charge >= 0.3 is 177 Å². The number of aliphatic hydroxyl groups excluding tert-OH is 1. The molecule has 2 aromatic carbocycles. The van der Waals surface area contributed by atoms with Crippen LogP contribution in [0.4, 0.5) is 0 Å². The minimum absolute atomic E-state index is 0.0635. The molecule has 0 radical (unpaired) electrons. The molecule has 0 aliphatic carbocycles. The quantitative estimate of drug-likeness (QED) is 0.313. The van der Waals surface area contributed by atoms with Crippen LogP contribution >= 0.6 is 0 Å². The van der Waals surface area contributed by atoms with E-state index in [1.807, 2.05) is 49.4 Å². The van der Waals surface area contributed by atoms with Gasteiger partial charge in [0.1, 0.15) is 0 Å². The molecule has 28 heavy (non-hydrogen) atoms. The van der Waals surface area contributed by atoms with Gasteiger partial charge in [-0.25, -0.2) is 0 Å². The predicted molar refractivity (Wildman–Crippen MR) is 121 cm³/mol. The number of hydrogen-bond acceptors (Lipinski definition) is 2. The molecule has 0 unspecified atom stereocenters. The molecule has 0 saturated carbocycles. The maximum atomic E-state index is 10.8. The summed E-state index contributed by atoms with van der Waals surface area (Å²) in [7, 11) is 0. The van der Waals surface area contributed by atoms with Crippen LogP contribution in [0.5, 0.6) is 0 Å². The van der Waals surface area contributed by atoms with Crippen molar-refractivity contribution in [3.8, 4) is 0 Å². The number of hydrogen-bond donors (Lipinski definition) is 1. The van der Waals surface area contributed by atoms with Gasteiger partial charge in [0.25, 0.3) is 0 Å². The summed E-state index contributed by atoms with van der Waals surface area (Å²) in [6, 6.07) is 20.8. The van der Waals surface area contributed by atoms with Crippen LogP contribution in [0.2, 0.25) is 0 Å². The van der Waals surface area contributed by atoms with E-state index in [1.165, 1.54) is 11.1 Å². The Morgan fingerprint density at radius 3 is 2.00 bits per heavy atom. The second-order valence-corrected chi connectivity index (χ2v) is 7.58.